The van der Waals surface area contributed by atoms with Crippen LogP contribution in [0.5, 0.6) is 0 Å². The van der Waals surface area contributed by atoms with Gasteiger partial charge in [0.05, 0.1) is 18.1 Å². The molecule has 1 aromatic carbocycles. The molecule has 1 amide bonds. The summed E-state index contributed by atoms with van der Waals surface area (Å²) in [5.41, 5.74) is 3.89. The van der Waals surface area contributed by atoms with Crippen molar-refractivity contribution in [2.75, 3.05) is 25.0 Å². The molecule has 0 radical (unpaired) electrons. The van der Waals surface area contributed by atoms with Gasteiger partial charge in [0.2, 0.25) is 0 Å². The van der Waals surface area contributed by atoms with Crippen LogP contribution in [0.2, 0.25) is 0 Å². The molecule has 152 valence electrons. The fraction of sp³-hybridized carbons (Fsp3) is 0.333. The van der Waals surface area contributed by atoms with E-state index >= 15 is 0 Å². The van der Waals surface area contributed by atoms with Gasteiger partial charge in [0.15, 0.2) is 0 Å². The van der Waals surface area contributed by atoms with E-state index in [1.54, 1.807) is 12.4 Å². The Morgan fingerprint density at radius 1 is 1.24 bits per heavy atom. The lowest BCUT2D eigenvalue weighted by atomic mass is 10.1. The number of amides is 1. The molecule has 8 nitrogen and oxygen atoms in total. The van der Waals surface area contributed by atoms with Crippen molar-refractivity contribution in [3.05, 3.63) is 60.1 Å². The minimum absolute atomic E-state index is 0.343. The molecule has 0 aliphatic carbocycles. The zero-order valence-corrected chi connectivity index (χ0v) is 16.4. The first-order valence-electron chi connectivity index (χ1n) is 9.59. The van der Waals surface area contributed by atoms with Gasteiger partial charge in [-0.15, -0.1) is 0 Å². The van der Waals surface area contributed by atoms with Gasteiger partial charge < -0.3 is 15.1 Å². The number of carbonyl (C=O) groups excluding carboxylic acids is 2. The van der Waals surface area contributed by atoms with Crippen LogP contribution < -0.4 is 10.8 Å². The largest absolute Gasteiger partial charge is 0.365 e. The van der Waals surface area contributed by atoms with Crippen molar-refractivity contribution < 1.29 is 14.4 Å². The van der Waals surface area contributed by atoms with E-state index in [1.165, 1.54) is 24.6 Å². The van der Waals surface area contributed by atoms with E-state index in [-0.39, 0.29) is 0 Å². The predicted molar refractivity (Wildman–Crippen MR) is 110 cm³/mol. The molecule has 1 aliphatic heterocycles. The Morgan fingerprint density at radius 2 is 2.07 bits per heavy atom. The SMILES string of the molecule is CC(=O)ONC(=O)/C=C/c1cnc(N[C@@H]2CCN(CCc3ccccc3)C2)cn1. The van der Waals surface area contributed by atoms with Crippen LogP contribution in [0.4, 0.5) is 5.82 Å². The average Bonchev–Trinajstić information content (AvgIpc) is 3.18. The zero-order valence-electron chi connectivity index (χ0n) is 16.4. The van der Waals surface area contributed by atoms with Crippen molar-refractivity contribution in [1.29, 1.82) is 0 Å². The fourth-order valence-electron chi connectivity index (χ4n) is 3.11. The van der Waals surface area contributed by atoms with Crippen LogP contribution in [0.3, 0.4) is 0 Å². The first-order chi connectivity index (χ1) is 14.1. The third kappa shape index (κ3) is 7.00. The highest BCUT2D eigenvalue weighted by Gasteiger charge is 2.22. The zero-order chi connectivity index (χ0) is 20.5. The molecule has 0 saturated carbocycles. The molecule has 1 saturated heterocycles. The highest BCUT2D eigenvalue weighted by molar-refractivity contribution is 5.91. The van der Waals surface area contributed by atoms with Crippen LogP contribution in [-0.4, -0.2) is 52.4 Å². The molecule has 0 unspecified atom stereocenters. The lowest BCUT2D eigenvalue weighted by Crippen LogP contribution is -2.28. The molecule has 1 atom stereocenters. The number of carbonyl (C=O) groups is 2. The molecular weight excluding hydrogens is 370 g/mol. The van der Waals surface area contributed by atoms with Gasteiger partial charge in [-0.3, -0.25) is 14.6 Å². The first-order valence-corrected chi connectivity index (χ1v) is 9.59. The first kappa shape index (κ1) is 20.5. The molecule has 1 aromatic heterocycles. The summed E-state index contributed by atoms with van der Waals surface area (Å²) in [5, 5.41) is 3.42. The third-order valence-electron chi connectivity index (χ3n) is 4.56. The van der Waals surface area contributed by atoms with Crippen molar-refractivity contribution >= 4 is 23.8 Å². The summed E-state index contributed by atoms with van der Waals surface area (Å²) in [6, 6.07) is 10.9. The molecule has 8 heteroatoms. The second kappa shape index (κ2) is 10.3. The van der Waals surface area contributed by atoms with E-state index in [0.29, 0.717) is 17.6 Å². The fourth-order valence-corrected chi connectivity index (χ4v) is 3.11. The number of likely N-dealkylation sites (tertiary alicyclic amines) is 1. The van der Waals surface area contributed by atoms with E-state index in [1.807, 2.05) is 11.5 Å². The van der Waals surface area contributed by atoms with Crippen molar-refractivity contribution in [1.82, 2.24) is 20.3 Å². The van der Waals surface area contributed by atoms with Crippen LogP contribution in [-0.2, 0) is 20.8 Å². The smallest absolute Gasteiger partial charge is 0.329 e. The van der Waals surface area contributed by atoms with Crippen molar-refractivity contribution in [2.24, 2.45) is 0 Å². The summed E-state index contributed by atoms with van der Waals surface area (Å²) in [7, 11) is 0. The van der Waals surface area contributed by atoms with Gasteiger partial charge >= 0.3 is 5.97 Å². The number of hydrogen-bond donors (Lipinski definition) is 2. The molecular formula is C21H25N5O3. The monoisotopic (exact) mass is 395 g/mol. The maximum Gasteiger partial charge on any atom is 0.329 e. The van der Waals surface area contributed by atoms with Crippen LogP contribution in [0.15, 0.2) is 48.8 Å². The summed E-state index contributed by atoms with van der Waals surface area (Å²) < 4.78 is 0. The van der Waals surface area contributed by atoms with E-state index in [0.717, 1.165) is 32.5 Å². The maximum atomic E-state index is 11.5. The standard InChI is InChI=1S/C21H25N5O3/c1-16(27)29-25-21(28)8-7-18-13-23-20(14-22-18)24-19-10-12-26(15-19)11-9-17-5-3-2-4-6-17/h2-8,13-14,19H,9-12,15H2,1H3,(H,23,24)(H,25,28)/b8-7+/t19-/m1/s1. The Morgan fingerprint density at radius 3 is 2.79 bits per heavy atom. The van der Waals surface area contributed by atoms with Gasteiger partial charge in [-0.05, 0) is 24.5 Å². The highest BCUT2D eigenvalue weighted by atomic mass is 16.7. The molecule has 1 aliphatic rings. The normalized spacial score (nSPS) is 16.7. The summed E-state index contributed by atoms with van der Waals surface area (Å²) in [6.45, 7) is 4.30. The minimum Gasteiger partial charge on any atom is -0.365 e. The Hall–Kier alpha value is -3.26. The Bertz CT molecular complexity index is 839. The van der Waals surface area contributed by atoms with Crippen molar-refractivity contribution in [2.45, 2.75) is 25.8 Å². The Balaban J connectivity index is 1.42. The van der Waals surface area contributed by atoms with Crippen LogP contribution >= 0.6 is 0 Å². The summed E-state index contributed by atoms with van der Waals surface area (Å²) in [4.78, 5) is 37.6. The Kier molecular flexibility index (Phi) is 7.29. The molecule has 2 aromatic rings. The summed E-state index contributed by atoms with van der Waals surface area (Å²) in [6.07, 6.45) is 8.07. The molecule has 3 rings (SSSR count). The molecule has 2 N–H and O–H groups in total. The van der Waals surface area contributed by atoms with Crippen LogP contribution in [0.25, 0.3) is 6.08 Å². The number of benzene rings is 1. The molecule has 1 fully saturated rings. The second-order valence-electron chi connectivity index (χ2n) is 6.89. The Labute approximate surface area is 169 Å². The maximum absolute atomic E-state index is 11.5. The van der Waals surface area contributed by atoms with E-state index in [9.17, 15) is 9.59 Å². The van der Waals surface area contributed by atoms with Gasteiger partial charge in [0, 0.05) is 38.7 Å². The molecule has 29 heavy (non-hydrogen) atoms. The summed E-state index contributed by atoms with van der Waals surface area (Å²) >= 11 is 0. The van der Waals surface area contributed by atoms with Crippen LogP contribution in [0.1, 0.15) is 24.6 Å². The number of aromatic nitrogens is 2. The lowest BCUT2D eigenvalue weighted by molar-refractivity contribution is -0.154. The van der Waals surface area contributed by atoms with Crippen molar-refractivity contribution in [3.63, 3.8) is 0 Å². The van der Waals surface area contributed by atoms with Gasteiger partial charge in [-0.2, -0.15) is 5.48 Å². The second-order valence-corrected chi connectivity index (χ2v) is 6.89. The quantitative estimate of drug-likeness (QED) is 0.545. The van der Waals surface area contributed by atoms with Crippen molar-refractivity contribution in [3.8, 4) is 0 Å². The number of hydrogen-bond acceptors (Lipinski definition) is 7. The van der Waals surface area contributed by atoms with Gasteiger partial charge in [-0.25, -0.2) is 4.98 Å². The third-order valence-corrected chi connectivity index (χ3v) is 4.56. The number of nitrogens with zero attached hydrogens (tertiary/aromatic N) is 3. The molecule has 0 spiro atoms. The predicted octanol–water partition coefficient (Wildman–Crippen LogP) is 1.81. The summed E-state index contributed by atoms with van der Waals surface area (Å²) in [5.74, 6) is -0.431. The number of anilines is 1. The minimum atomic E-state index is -0.590. The number of hydroxylamine groups is 1. The highest BCUT2D eigenvalue weighted by Crippen LogP contribution is 2.15. The number of rotatable bonds is 7. The van der Waals surface area contributed by atoms with Gasteiger partial charge in [-0.1, -0.05) is 30.3 Å². The average molecular weight is 395 g/mol. The lowest BCUT2D eigenvalue weighted by Gasteiger charge is -2.17. The number of nitrogens with one attached hydrogen (secondary N) is 2. The topological polar surface area (TPSA) is 96.4 Å². The van der Waals surface area contributed by atoms with E-state index in [2.05, 4.69) is 49.3 Å². The van der Waals surface area contributed by atoms with E-state index < -0.39 is 11.9 Å². The molecule has 2 heterocycles. The van der Waals surface area contributed by atoms with E-state index in [4.69, 9.17) is 0 Å². The molecule has 0 bridgehead atoms. The van der Waals surface area contributed by atoms with Crippen LogP contribution in [0, 0.1) is 0 Å². The van der Waals surface area contributed by atoms with Gasteiger partial charge in [0.25, 0.3) is 5.91 Å². The van der Waals surface area contributed by atoms with Gasteiger partial charge in [0.1, 0.15) is 5.82 Å².